The highest BCUT2D eigenvalue weighted by atomic mass is 19.3. The molecule has 0 aliphatic rings. The van der Waals surface area contributed by atoms with Crippen LogP contribution in [-0.4, -0.2) is 34.4 Å². The molecule has 1 heterocycles. The molecule has 0 saturated heterocycles. The quantitative estimate of drug-likeness (QED) is 0.257. The van der Waals surface area contributed by atoms with Gasteiger partial charge in [-0.1, -0.05) is 48.5 Å². The van der Waals surface area contributed by atoms with Crippen molar-refractivity contribution in [2.45, 2.75) is 31.4 Å². The van der Waals surface area contributed by atoms with Gasteiger partial charge in [-0.05, 0) is 48.7 Å². The molecule has 0 aliphatic carbocycles. The maximum Gasteiger partial charge on any atom is 0.306 e. The minimum atomic E-state index is -3.10. The van der Waals surface area contributed by atoms with Gasteiger partial charge in [0.1, 0.15) is 11.5 Å². The first-order valence-corrected chi connectivity index (χ1v) is 11.6. The molecule has 188 valence electrons. The first-order chi connectivity index (χ1) is 17.2. The van der Waals surface area contributed by atoms with E-state index in [1.807, 2.05) is 13.0 Å². The summed E-state index contributed by atoms with van der Waals surface area (Å²) in [5.74, 6) is -2.81. The molecule has 0 aliphatic heterocycles. The predicted octanol–water partition coefficient (Wildman–Crippen LogP) is 4.66. The smallest absolute Gasteiger partial charge is 0.306 e. The summed E-state index contributed by atoms with van der Waals surface area (Å²) in [5, 5.41) is 24.6. The molecule has 4 N–H and O–H groups in total. The van der Waals surface area contributed by atoms with Gasteiger partial charge in [-0.15, -0.1) is 0 Å². The number of benzene rings is 3. The molecule has 4 rings (SSSR count). The number of pyridine rings is 1. The summed E-state index contributed by atoms with van der Waals surface area (Å²) in [4.78, 5) is 14.2. The van der Waals surface area contributed by atoms with Crippen LogP contribution in [0.25, 0.3) is 10.9 Å². The first-order valence-electron chi connectivity index (χ1n) is 11.6. The maximum absolute atomic E-state index is 14.4. The molecular formula is C28H28F2N2O4. The second kappa shape index (κ2) is 10.9. The van der Waals surface area contributed by atoms with Crippen LogP contribution in [-0.2, 0) is 12.3 Å². The molecule has 0 unspecified atom stereocenters. The Hall–Kier alpha value is -3.75. The Kier molecular flexibility index (Phi) is 7.67. The lowest BCUT2D eigenvalue weighted by Gasteiger charge is -2.20. The normalized spacial score (nSPS) is 13.4. The zero-order valence-electron chi connectivity index (χ0n) is 19.7. The van der Waals surface area contributed by atoms with Crippen LogP contribution in [0, 0.1) is 0 Å². The van der Waals surface area contributed by atoms with Gasteiger partial charge < -0.3 is 25.3 Å². The highest BCUT2D eigenvalue weighted by Gasteiger charge is 2.32. The van der Waals surface area contributed by atoms with Crippen molar-refractivity contribution < 1.29 is 23.7 Å². The SMILES string of the molecule is C[C@H](Cc1cccc(OCC(F)(F)c2ccccc2)c1)NC[C@H](O)c1ccc(O)c2[nH]c(=O)ccc12. The minimum absolute atomic E-state index is 0.0381. The predicted molar refractivity (Wildman–Crippen MR) is 135 cm³/mol. The number of phenols is 1. The van der Waals surface area contributed by atoms with E-state index in [1.54, 1.807) is 48.5 Å². The molecule has 6 nitrogen and oxygen atoms in total. The van der Waals surface area contributed by atoms with Gasteiger partial charge in [-0.25, -0.2) is 0 Å². The van der Waals surface area contributed by atoms with E-state index in [0.29, 0.717) is 23.1 Å². The fraction of sp³-hybridized carbons (Fsp3) is 0.250. The van der Waals surface area contributed by atoms with Crippen molar-refractivity contribution >= 4 is 10.9 Å². The number of phenolic OH excluding ortho intramolecular Hbond substituents is 1. The van der Waals surface area contributed by atoms with Crippen molar-refractivity contribution in [1.29, 1.82) is 0 Å². The molecule has 8 heteroatoms. The van der Waals surface area contributed by atoms with E-state index in [4.69, 9.17) is 4.74 Å². The molecule has 1 aromatic heterocycles. The Morgan fingerprint density at radius 3 is 2.58 bits per heavy atom. The summed E-state index contributed by atoms with van der Waals surface area (Å²) >= 11 is 0. The standard InChI is InChI=1S/C28H28F2N2O4/c1-18(31-16-25(34)22-10-12-24(33)27-23(22)11-13-26(35)32-27)14-19-6-5-9-21(15-19)36-17-28(29,30)20-7-3-2-4-8-20/h2-13,15,18,25,31,33-34H,14,16-17H2,1H3,(H,32,35)/t18-,25+/m1/s1. The molecule has 0 saturated carbocycles. The lowest BCUT2D eigenvalue weighted by Crippen LogP contribution is -2.32. The number of H-pyrrole nitrogens is 1. The number of aliphatic hydroxyl groups excluding tert-OH is 1. The maximum atomic E-state index is 14.4. The number of ether oxygens (including phenoxy) is 1. The Balaban J connectivity index is 1.34. The number of alkyl halides is 2. The molecule has 0 fully saturated rings. The summed E-state index contributed by atoms with van der Waals surface area (Å²) in [5.41, 5.74) is 1.32. The van der Waals surface area contributed by atoms with Gasteiger partial charge in [0.25, 0.3) is 0 Å². The average molecular weight is 495 g/mol. The van der Waals surface area contributed by atoms with Gasteiger partial charge >= 0.3 is 5.92 Å². The monoisotopic (exact) mass is 494 g/mol. The van der Waals surface area contributed by atoms with Crippen molar-refractivity contribution in [1.82, 2.24) is 10.3 Å². The van der Waals surface area contributed by atoms with Crippen molar-refractivity contribution in [3.63, 3.8) is 0 Å². The Labute approximate surface area is 207 Å². The number of hydrogen-bond acceptors (Lipinski definition) is 5. The Morgan fingerprint density at radius 1 is 1.03 bits per heavy atom. The summed E-state index contributed by atoms with van der Waals surface area (Å²) in [6.45, 7) is 1.43. The molecule has 0 radical (unpaired) electrons. The van der Waals surface area contributed by atoms with E-state index in [9.17, 15) is 23.8 Å². The molecule has 2 atom stereocenters. The number of halogens is 2. The fourth-order valence-electron chi connectivity index (χ4n) is 4.10. The van der Waals surface area contributed by atoms with Gasteiger partial charge in [0.15, 0.2) is 6.61 Å². The Bertz CT molecular complexity index is 1380. The Morgan fingerprint density at radius 2 is 1.81 bits per heavy atom. The molecule has 4 aromatic rings. The molecule has 0 spiro atoms. The second-order valence-corrected chi connectivity index (χ2v) is 8.82. The number of nitrogens with one attached hydrogen (secondary N) is 2. The van der Waals surface area contributed by atoms with Crippen LogP contribution in [0.1, 0.15) is 29.7 Å². The van der Waals surface area contributed by atoms with Gasteiger partial charge in [-0.3, -0.25) is 4.79 Å². The molecule has 36 heavy (non-hydrogen) atoms. The van der Waals surface area contributed by atoms with E-state index in [-0.39, 0.29) is 35.0 Å². The van der Waals surface area contributed by atoms with Gasteiger partial charge in [0, 0.05) is 29.6 Å². The third-order valence-electron chi connectivity index (χ3n) is 5.98. The van der Waals surface area contributed by atoms with Crippen molar-refractivity contribution in [3.8, 4) is 11.5 Å². The lowest BCUT2D eigenvalue weighted by molar-refractivity contribution is -0.0467. The number of fused-ring (bicyclic) bond motifs is 1. The van der Waals surface area contributed by atoms with Crippen molar-refractivity contribution in [2.75, 3.05) is 13.2 Å². The number of aromatic hydroxyl groups is 1. The zero-order chi connectivity index (χ0) is 25.7. The van der Waals surface area contributed by atoms with E-state index < -0.39 is 18.6 Å². The lowest BCUT2D eigenvalue weighted by atomic mass is 10.0. The topological polar surface area (TPSA) is 94.6 Å². The average Bonchev–Trinajstić information content (AvgIpc) is 2.87. The van der Waals surface area contributed by atoms with Crippen LogP contribution >= 0.6 is 0 Å². The first kappa shape index (κ1) is 25.3. The zero-order valence-corrected chi connectivity index (χ0v) is 19.7. The highest BCUT2D eigenvalue weighted by molar-refractivity contribution is 5.87. The van der Waals surface area contributed by atoms with Crippen molar-refractivity contribution in [3.05, 3.63) is 106 Å². The number of aromatic amines is 1. The van der Waals surface area contributed by atoms with Crippen molar-refractivity contribution in [2.24, 2.45) is 0 Å². The largest absolute Gasteiger partial charge is 0.506 e. The number of aliphatic hydroxyl groups is 1. The van der Waals surface area contributed by atoms with Crippen LogP contribution in [0.4, 0.5) is 8.78 Å². The molecule has 3 aromatic carbocycles. The summed E-state index contributed by atoms with van der Waals surface area (Å²) in [6, 6.07) is 20.6. The summed E-state index contributed by atoms with van der Waals surface area (Å²) < 4.78 is 34.2. The third kappa shape index (κ3) is 6.08. The van der Waals surface area contributed by atoms with Crippen LogP contribution in [0.15, 0.2) is 83.7 Å². The number of rotatable bonds is 10. The molecule has 0 amide bonds. The second-order valence-electron chi connectivity index (χ2n) is 8.82. The van der Waals surface area contributed by atoms with Gasteiger partial charge in [0.05, 0.1) is 11.6 Å². The molecular weight excluding hydrogens is 466 g/mol. The van der Waals surface area contributed by atoms with E-state index in [1.165, 1.54) is 24.3 Å². The van der Waals surface area contributed by atoms with E-state index >= 15 is 0 Å². The number of hydrogen-bond donors (Lipinski definition) is 4. The van der Waals surface area contributed by atoms with E-state index in [0.717, 1.165) is 5.56 Å². The highest BCUT2D eigenvalue weighted by Crippen LogP contribution is 2.30. The third-order valence-corrected chi connectivity index (χ3v) is 5.98. The summed E-state index contributed by atoms with van der Waals surface area (Å²) in [6.07, 6.45) is -0.292. The number of aromatic nitrogens is 1. The minimum Gasteiger partial charge on any atom is -0.506 e. The van der Waals surface area contributed by atoms with Crippen LogP contribution in [0.2, 0.25) is 0 Å². The fourth-order valence-corrected chi connectivity index (χ4v) is 4.10. The summed E-state index contributed by atoms with van der Waals surface area (Å²) in [7, 11) is 0. The van der Waals surface area contributed by atoms with Gasteiger partial charge in [-0.2, -0.15) is 8.78 Å². The van der Waals surface area contributed by atoms with Gasteiger partial charge in [0.2, 0.25) is 5.56 Å². The van der Waals surface area contributed by atoms with E-state index in [2.05, 4.69) is 10.3 Å². The van der Waals surface area contributed by atoms with Crippen LogP contribution in [0.5, 0.6) is 11.5 Å². The van der Waals surface area contributed by atoms with Crippen LogP contribution in [0.3, 0.4) is 0 Å². The molecule has 0 bridgehead atoms. The van der Waals surface area contributed by atoms with Crippen LogP contribution < -0.4 is 15.6 Å².